The van der Waals surface area contributed by atoms with Gasteiger partial charge in [0.1, 0.15) is 6.61 Å². The Morgan fingerprint density at radius 3 is 2.25 bits per heavy atom. The van der Waals surface area contributed by atoms with E-state index in [0.717, 1.165) is 54.1 Å². The molecule has 0 fully saturated rings. The third kappa shape index (κ3) is 7.90. The van der Waals surface area contributed by atoms with E-state index in [-0.39, 0.29) is 10.8 Å². The lowest BCUT2D eigenvalue weighted by Crippen LogP contribution is -2.29. The summed E-state index contributed by atoms with van der Waals surface area (Å²) in [4.78, 5) is 8.93. The van der Waals surface area contributed by atoms with Gasteiger partial charge in [0.05, 0.1) is 17.7 Å². The van der Waals surface area contributed by atoms with Crippen molar-refractivity contribution in [2.24, 2.45) is 5.16 Å². The Balaban J connectivity index is 1.42. The standard InChI is InChI=1S/C47H58N3O3/c1-10-51-29-27-49-41-23-17-33(3)31-39(41)46(6,7)43(49)25-21-37-19-20-38(45(37)53-48-35(5)36-15-13-12-14-16-36)22-26-44-47(8,9)40-32-34(4)18-24-42(40)50(44)28-30-52-11-2/h12-18,21-26,31-32H,10-11,19-20,27-30H2,1-9H3/q+1/b48-35+. The summed E-state index contributed by atoms with van der Waals surface area (Å²) in [7, 11) is 0. The van der Waals surface area contributed by atoms with Crippen LogP contribution in [0.5, 0.6) is 0 Å². The molecule has 0 N–H and O–H groups in total. The van der Waals surface area contributed by atoms with Crippen molar-refractivity contribution in [3.8, 4) is 0 Å². The van der Waals surface area contributed by atoms with E-state index in [4.69, 9.17) is 19.5 Å². The molecule has 3 aromatic carbocycles. The minimum absolute atomic E-state index is 0.165. The lowest BCUT2D eigenvalue weighted by atomic mass is 9.80. The van der Waals surface area contributed by atoms with Crippen molar-refractivity contribution >= 4 is 22.8 Å². The van der Waals surface area contributed by atoms with Gasteiger partial charge in [-0.1, -0.05) is 84.7 Å². The fraction of sp³-hybridized carbons (Fsp3) is 0.404. The molecule has 6 rings (SSSR count). The largest absolute Gasteiger partial charge is 0.380 e. The maximum absolute atomic E-state index is 6.49. The average molecular weight is 713 g/mol. The summed E-state index contributed by atoms with van der Waals surface area (Å²) in [5.74, 6) is 0.837. The molecule has 0 aromatic heterocycles. The van der Waals surface area contributed by atoms with E-state index in [1.165, 1.54) is 45.0 Å². The first-order valence-corrected chi connectivity index (χ1v) is 19.4. The molecule has 53 heavy (non-hydrogen) atoms. The fourth-order valence-electron chi connectivity index (χ4n) is 8.00. The van der Waals surface area contributed by atoms with Crippen LogP contribution in [0, 0.1) is 13.8 Å². The molecule has 1 aliphatic carbocycles. The molecule has 3 aromatic rings. The van der Waals surface area contributed by atoms with Gasteiger partial charge in [0.15, 0.2) is 18.0 Å². The number of allylic oxidation sites excluding steroid dienone is 7. The number of aryl methyl sites for hydroxylation is 2. The number of ether oxygens (including phenoxy) is 2. The number of fused-ring (bicyclic) bond motifs is 2. The monoisotopic (exact) mass is 712 g/mol. The van der Waals surface area contributed by atoms with Crippen molar-refractivity contribution in [3.05, 3.63) is 141 Å². The van der Waals surface area contributed by atoms with Crippen molar-refractivity contribution in [3.63, 3.8) is 0 Å². The van der Waals surface area contributed by atoms with Crippen LogP contribution in [-0.2, 0) is 25.1 Å². The van der Waals surface area contributed by atoms with Crippen LogP contribution in [0.15, 0.2) is 119 Å². The molecular formula is C47H58N3O3+. The second-order valence-corrected chi connectivity index (χ2v) is 15.4. The van der Waals surface area contributed by atoms with Crippen LogP contribution in [0.1, 0.15) is 89.1 Å². The summed E-state index contributed by atoms with van der Waals surface area (Å²) in [6.45, 7) is 24.1. The predicted molar refractivity (Wildman–Crippen MR) is 220 cm³/mol. The molecule has 3 aliphatic rings. The van der Waals surface area contributed by atoms with Crippen LogP contribution in [0.3, 0.4) is 0 Å². The van der Waals surface area contributed by atoms with Crippen LogP contribution in [0.4, 0.5) is 11.4 Å². The molecule has 0 atom stereocenters. The molecule has 0 bridgehead atoms. The number of hydrogen-bond donors (Lipinski definition) is 0. The van der Waals surface area contributed by atoms with Crippen LogP contribution in [0.2, 0.25) is 0 Å². The number of hydrogen-bond acceptors (Lipinski definition) is 5. The minimum Gasteiger partial charge on any atom is -0.380 e. The lowest BCUT2D eigenvalue weighted by Gasteiger charge is -2.27. The van der Waals surface area contributed by atoms with Crippen molar-refractivity contribution in [1.82, 2.24) is 0 Å². The molecule has 0 unspecified atom stereocenters. The van der Waals surface area contributed by atoms with E-state index in [1.54, 1.807) is 0 Å². The highest BCUT2D eigenvalue weighted by Gasteiger charge is 2.44. The summed E-state index contributed by atoms with van der Waals surface area (Å²) < 4.78 is 14.1. The first-order chi connectivity index (χ1) is 25.5. The average Bonchev–Trinajstić information content (AvgIpc) is 3.69. The quantitative estimate of drug-likeness (QED) is 0.0723. The van der Waals surface area contributed by atoms with E-state index < -0.39 is 0 Å². The molecule has 278 valence electrons. The Morgan fingerprint density at radius 1 is 0.811 bits per heavy atom. The van der Waals surface area contributed by atoms with E-state index >= 15 is 0 Å². The van der Waals surface area contributed by atoms with E-state index in [0.29, 0.717) is 26.4 Å². The van der Waals surface area contributed by atoms with Gasteiger partial charge in [-0.2, -0.15) is 4.58 Å². The number of benzene rings is 3. The third-order valence-electron chi connectivity index (χ3n) is 11.0. The summed E-state index contributed by atoms with van der Waals surface area (Å²) in [5.41, 5.74) is 14.2. The second kappa shape index (κ2) is 16.2. The highest BCUT2D eigenvalue weighted by molar-refractivity contribution is 6.03. The van der Waals surface area contributed by atoms with Crippen LogP contribution in [-0.4, -0.2) is 55.5 Å². The molecule has 2 aliphatic heterocycles. The number of rotatable bonds is 14. The second-order valence-electron chi connectivity index (χ2n) is 15.4. The highest BCUT2D eigenvalue weighted by atomic mass is 16.6. The number of nitrogens with zero attached hydrogens (tertiary/aromatic N) is 3. The Kier molecular flexibility index (Phi) is 11.7. The first kappa shape index (κ1) is 38.2. The molecule has 2 heterocycles. The van der Waals surface area contributed by atoms with E-state index in [9.17, 15) is 0 Å². The minimum atomic E-state index is -0.165. The van der Waals surface area contributed by atoms with Crippen LogP contribution in [0.25, 0.3) is 0 Å². The maximum atomic E-state index is 6.49. The van der Waals surface area contributed by atoms with Crippen molar-refractivity contribution in [2.45, 2.75) is 86.0 Å². The number of anilines is 1. The van der Waals surface area contributed by atoms with Gasteiger partial charge in [-0.15, -0.1) is 0 Å². The van der Waals surface area contributed by atoms with Crippen molar-refractivity contribution in [1.29, 1.82) is 0 Å². The van der Waals surface area contributed by atoms with Gasteiger partial charge in [0.25, 0.3) is 0 Å². The molecule has 0 spiro atoms. The Labute approximate surface area is 317 Å². The summed E-state index contributed by atoms with van der Waals surface area (Å²) in [6, 6.07) is 23.9. The summed E-state index contributed by atoms with van der Waals surface area (Å²) in [6.07, 6.45) is 10.9. The number of oxime groups is 1. The molecule has 6 nitrogen and oxygen atoms in total. The third-order valence-corrected chi connectivity index (χ3v) is 11.0. The van der Waals surface area contributed by atoms with E-state index in [1.807, 2.05) is 25.1 Å². The molecule has 0 saturated heterocycles. The first-order valence-electron chi connectivity index (χ1n) is 19.4. The zero-order valence-electron chi connectivity index (χ0n) is 33.4. The molecule has 0 amide bonds. The van der Waals surface area contributed by atoms with Crippen molar-refractivity contribution < 1.29 is 18.9 Å². The van der Waals surface area contributed by atoms with Gasteiger partial charge in [-0.3, -0.25) is 0 Å². The van der Waals surface area contributed by atoms with Gasteiger partial charge in [0.2, 0.25) is 5.69 Å². The molecule has 0 saturated carbocycles. The van der Waals surface area contributed by atoms with Gasteiger partial charge < -0.3 is 19.2 Å². The SMILES string of the molecule is CCOCCN1/C(=C/C=C2\CCC(/C=C/C3=[N+](CCOCC)c4ccc(C)cc4C3(C)C)=C2O/N=C(\C)c2ccccc2)C(C)(C)c2cc(C)ccc21. The Bertz CT molecular complexity index is 2010. The summed E-state index contributed by atoms with van der Waals surface area (Å²) in [5, 5.41) is 4.71. The van der Waals surface area contributed by atoms with Crippen molar-refractivity contribution in [2.75, 3.05) is 44.4 Å². The molecular weight excluding hydrogens is 655 g/mol. The van der Waals surface area contributed by atoms with Crippen LogP contribution >= 0.6 is 0 Å². The normalized spacial score (nSPS) is 19.3. The van der Waals surface area contributed by atoms with Gasteiger partial charge in [-0.05, 0) is 108 Å². The predicted octanol–water partition coefficient (Wildman–Crippen LogP) is 10.4. The lowest BCUT2D eigenvalue weighted by molar-refractivity contribution is -0.442. The topological polar surface area (TPSA) is 46.3 Å². The van der Waals surface area contributed by atoms with Gasteiger partial charge >= 0.3 is 0 Å². The smallest absolute Gasteiger partial charge is 0.209 e. The fourth-order valence-corrected chi connectivity index (χ4v) is 8.00. The Hall–Kier alpha value is -4.52. The van der Waals surface area contributed by atoms with Crippen LogP contribution < -0.4 is 4.90 Å². The summed E-state index contributed by atoms with van der Waals surface area (Å²) >= 11 is 0. The maximum Gasteiger partial charge on any atom is 0.209 e. The molecule has 6 heteroatoms. The molecule has 0 radical (unpaired) electrons. The zero-order valence-corrected chi connectivity index (χ0v) is 33.4. The van der Waals surface area contributed by atoms with Gasteiger partial charge in [0, 0.05) is 54.3 Å². The van der Waals surface area contributed by atoms with Gasteiger partial charge in [-0.25, -0.2) is 0 Å². The highest BCUT2D eigenvalue weighted by Crippen LogP contribution is 2.48. The zero-order chi connectivity index (χ0) is 37.8. The Morgan fingerprint density at radius 2 is 1.51 bits per heavy atom. The van der Waals surface area contributed by atoms with E-state index in [2.05, 4.69) is 138 Å².